The third kappa shape index (κ3) is 1.95. The van der Waals surface area contributed by atoms with Crippen molar-refractivity contribution in [3.8, 4) is 22.8 Å². The molecule has 5 heteroatoms. The van der Waals surface area contributed by atoms with Crippen molar-refractivity contribution < 1.29 is 14.6 Å². The van der Waals surface area contributed by atoms with Crippen LogP contribution in [-0.2, 0) is 0 Å². The highest BCUT2D eigenvalue weighted by molar-refractivity contribution is 5.81. The Morgan fingerprint density at radius 1 is 0.950 bits per heavy atom. The van der Waals surface area contributed by atoms with E-state index >= 15 is 0 Å². The number of nitrogen functional groups attached to an aromatic ring is 1. The molecule has 100 valence electrons. The highest BCUT2D eigenvalue weighted by Crippen LogP contribution is 2.31. The van der Waals surface area contributed by atoms with E-state index in [9.17, 15) is 15.0 Å². The predicted octanol–water partition coefficient (Wildman–Crippen LogP) is 2.45. The average molecular weight is 269 g/mol. The molecule has 0 fully saturated rings. The van der Waals surface area contributed by atoms with Gasteiger partial charge in [-0.3, -0.25) is 4.79 Å². The van der Waals surface area contributed by atoms with Crippen LogP contribution in [0, 0.1) is 0 Å². The molecule has 0 bridgehead atoms. The van der Waals surface area contributed by atoms with E-state index in [0.29, 0.717) is 28.0 Å². The van der Waals surface area contributed by atoms with Crippen molar-refractivity contribution in [1.29, 1.82) is 0 Å². The molecule has 0 atom stereocenters. The van der Waals surface area contributed by atoms with Crippen molar-refractivity contribution >= 4 is 16.7 Å². The van der Waals surface area contributed by atoms with Crippen LogP contribution < -0.4 is 11.2 Å². The standard InChI is InChI=1S/C15H11NO4/c16-9-2-4-14-10(6-9)12(18)7-15(20-14)8-1-3-11(17)13(19)5-8/h1-7,17,19H,16H2. The van der Waals surface area contributed by atoms with E-state index in [2.05, 4.69) is 0 Å². The van der Waals surface area contributed by atoms with Crippen molar-refractivity contribution in [3.63, 3.8) is 0 Å². The Morgan fingerprint density at radius 3 is 2.50 bits per heavy atom. The smallest absolute Gasteiger partial charge is 0.193 e. The first kappa shape index (κ1) is 12.1. The molecule has 0 saturated carbocycles. The van der Waals surface area contributed by atoms with E-state index in [1.54, 1.807) is 24.3 Å². The van der Waals surface area contributed by atoms with Gasteiger partial charge in [-0.25, -0.2) is 0 Å². The summed E-state index contributed by atoms with van der Waals surface area (Å²) in [5.41, 5.74) is 6.81. The Balaban J connectivity index is 2.24. The number of anilines is 1. The van der Waals surface area contributed by atoms with Crippen LogP contribution in [0.5, 0.6) is 11.5 Å². The minimum absolute atomic E-state index is 0.221. The minimum Gasteiger partial charge on any atom is -0.504 e. The summed E-state index contributed by atoms with van der Waals surface area (Å²) in [5, 5.41) is 19.2. The second-order valence-corrected chi connectivity index (χ2v) is 4.43. The van der Waals surface area contributed by atoms with Gasteiger partial charge in [0.15, 0.2) is 16.9 Å². The van der Waals surface area contributed by atoms with Gasteiger partial charge in [0, 0.05) is 17.3 Å². The normalized spacial score (nSPS) is 10.8. The molecule has 20 heavy (non-hydrogen) atoms. The molecule has 0 aliphatic carbocycles. The van der Waals surface area contributed by atoms with Gasteiger partial charge in [-0.05, 0) is 36.4 Å². The van der Waals surface area contributed by atoms with Crippen LogP contribution in [-0.4, -0.2) is 10.2 Å². The van der Waals surface area contributed by atoms with E-state index in [4.69, 9.17) is 10.2 Å². The summed E-state index contributed by atoms with van der Waals surface area (Å²) in [5.74, 6) is -0.199. The fraction of sp³-hybridized carbons (Fsp3) is 0. The molecule has 3 rings (SSSR count). The number of nitrogens with two attached hydrogens (primary N) is 1. The third-order valence-corrected chi connectivity index (χ3v) is 3.01. The maximum atomic E-state index is 12.0. The molecule has 1 aromatic heterocycles. The SMILES string of the molecule is Nc1ccc2oc(-c3ccc(O)c(O)c3)cc(=O)c2c1. The summed E-state index contributed by atoms with van der Waals surface area (Å²) >= 11 is 0. The Kier molecular flexibility index (Phi) is 2.61. The van der Waals surface area contributed by atoms with Gasteiger partial charge in [0.25, 0.3) is 0 Å². The largest absolute Gasteiger partial charge is 0.504 e. The molecular formula is C15H11NO4. The number of fused-ring (bicyclic) bond motifs is 1. The van der Waals surface area contributed by atoms with Crippen LogP contribution in [0.3, 0.4) is 0 Å². The van der Waals surface area contributed by atoms with Gasteiger partial charge in [0.2, 0.25) is 0 Å². The van der Waals surface area contributed by atoms with E-state index in [1.807, 2.05) is 0 Å². The molecular weight excluding hydrogens is 258 g/mol. The fourth-order valence-electron chi connectivity index (χ4n) is 1.99. The maximum Gasteiger partial charge on any atom is 0.193 e. The van der Waals surface area contributed by atoms with Crippen LogP contribution in [0.2, 0.25) is 0 Å². The highest BCUT2D eigenvalue weighted by atomic mass is 16.3. The summed E-state index contributed by atoms with van der Waals surface area (Å²) in [4.78, 5) is 12.0. The monoisotopic (exact) mass is 269 g/mol. The summed E-state index contributed by atoms with van der Waals surface area (Å²) in [6, 6.07) is 10.4. The average Bonchev–Trinajstić information content (AvgIpc) is 2.42. The molecule has 0 aliphatic heterocycles. The highest BCUT2D eigenvalue weighted by Gasteiger charge is 2.09. The van der Waals surface area contributed by atoms with Crippen molar-refractivity contribution in [2.75, 3.05) is 5.73 Å². The van der Waals surface area contributed by atoms with Gasteiger partial charge >= 0.3 is 0 Å². The second-order valence-electron chi connectivity index (χ2n) is 4.43. The zero-order valence-electron chi connectivity index (χ0n) is 10.3. The number of rotatable bonds is 1. The number of hydrogen-bond acceptors (Lipinski definition) is 5. The van der Waals surface area contributed by atoms with E-state index < -0.39 is 0 Å². The third-order valence-electron chi connectivity index (χ3n) is 3.01. The number of phenolic OH excluding ortho intramolecular Hbond substituents is 2. The van der Waals surface area contributed by atoms with Gasteiger partial charge in [0.1, 0.15) is 11.3 Å². The van der Waals surface area contributed by atoms with Gasteiger partial charge in [0.05, 0.1) is 5.39 Å². The molecule has 0 spiro atoms. The first-order chi connectivity index (χ1) is 9.54. The first-order valence-electron chi connectivity index (χ1n) is 5.90. The van der Waals surface area contributed by atoms with Gasteiger partial charge < -0.3 is 20.4 Å². The summed E-state index contributed by atoms with van der Waals surface area (Å²) in [6.07, 6.45) is 0. The van der Waals surface area contributed by atoms with Crippen molar-refractivity contribution in [2.24, 2.45) is 0 Å². The molecule has 0 radical (unpaired) electrons. The van der Waals surface area contributed by atoms with Gasteiger partial charge in [-0.1, -0.05) is 0 Å². The molecule has 1 heterocycles. The predicted molar refractivity (Wildman–Crippen MR) is 75.7 cm³/mol. The van der Waals surface area contributed by atoms with Crippen molar-refractivity contribution in [3.05, 3.63) is 52.7 Å². The van der Waals surface area contributed by atoms with Gasteiger partial charge in [-0.2, -0.15) is 0 Å². The number of phenols is 2. The molecule has 2 aromatic carbocycles. The van der Waals surface area contributed by atoms with Crippen LogP contribution in [0.25, 0.3) is 22.3 Å². The Bertz CT molecular complexity index is 867. The molecule has 0 unspecified atom stereocenters. The van der Waals surface area contributed by atoms with Crippen LogP contribution >= 0.6 is 0 Å². The lowest BCUT2D eigenvalue weighted by molar-refractivity contribution is 0.404. The quantitative estimate of drug-likeness (QED) is 0.465. The lowest BCUT2D eigenvalue weighted by Gasteiger charge is -2.05. The summed E-state index contributed by atoms with van der Waals surface area (Å²) in [7, 11) is 0. The molecule has 0 saturated heterocycles. The number of hydrogen-bond donors (Lipinski definition) is 3. The van der Waals surface area contributed by atoms with E-state index in [0.717, 1.165) is 0 Å². The van der Waals surface area contributed by atoms with Crippen molar-refractivity contribution in [1.82, 2.24) is 0 Å². The molecule has 5 nitrogen and oxygen atoms in total. The Hall–Kier alpha value is -2.95. The van der Waals surface area contributed by atoms with Gasteiger partial charge in [-0.15, -0.1) is 0 Å². The summed E-state index contributed by atoms with van der Waals surface area (Å²) < 4.78 is 5.63. The molecule has 0 aliphatic rings. The first-order valence-corrected chi connectivity index (χ1v) is 5.90. The lowest BCUT2D eigenvalue weighted by Crippen LogP contribution is -2.01. The molecule has 3 aromatic rings. The van der Waals surface area contributed by atoms with E-state index in [1.165, 1.54) is 18.2 Å². The maximum absolute atomic E-state index is 12.0. The number of benzene rings is 2. The van der Waals surface area contributed by atoms with Crippen LogP contribution in [0.4, 0.5) is 5.69 Å². The van der Waals surface area contributed by atoms with Crippen molar-refractivity contribution in [2.45, 2.75) is 0 Å². The molecule has 4 N–H and O–H groups in total. The Morgan fingerprint density at radius 2 is 1.75 bits per heavy atom. The van der Waals surface area contributed by atoms with E-state index in [-0.39, 0.29) is 16.9 Å². The second kappa shape index (κ2) is 4.31. The topological polar surface area (TPSA) is 96.7 Å². The van der Waals surface area contributed by atoms with Crippen LogP contribution in [0.1, 0.15) is 0 Å². The zero-order chi connectivity index (χ0) is 14.3. The number of aromatic hydroxyl groups is 2. The minimum atomic E-state index is -0.275. The van der Waals surface area contributed by atoms with Crippen LogP contribution in [0.15, 0.2) is 51.7 Å². The Labute approximate surface area is 113 Å². The lowest BCUT2D eigenvalue weighted by atomic mass is 10.1. The fourth-order valence-corrected chi connectivity index (χ4v) is 1.99. The summed E-state index contributed by atoms with van der Waals surface area (Å²) in [6.45, 7) is 0. The molecule has 0 amide bonds. The zero-order valence-corrected chi connectivity index (χ0v) is 10.3.